The minimum atomic E-state index is -0.550. The molecule has 3 aromatic rings. The first-order chi connectivity index (χ1) is 12.2. The van der Waals surface area contributed by atoms with Gasteiger partial charge in [-0.3, -0.25) is 4.79 Å². The van der Waals surface area contributed by atoms with E-state index in [0.29, 0.717) is 12.1 Å². The normalized spacial score (nSPS) is 11.9. The Morgan fingerprint density at radius 2 is 2.04 bits per heavy atom. The zero-order valence-electron chi connectivity index (χ0n) is 13.2. The lowest BCUT2D eigenvalue weighted by atomic mass is 10.1. The van der Waals surface area contributed by atoms with E-state index >= 15 is 0 Å². The van der Waals surface area contributed by atoms with Gasteiger partial charge in [-0.1, -0.05) is 30.3 Å². The topological polar surface area (TPSA) is 92.9 Å². The fraction of sp³-hybridized carbons (Fsp3) is 0.176. The van der Waals surface area contributed by atoms with Crippen molar-refractivity contribution in [1.82, 2.24) is 25.5 Å². The van der Waals surface area contributed by atoms with Crippen LogP contribution in [0.4, 0.5) is 4.39 Å². The number of benzene rings is 2. The third-order valence-electron chi connectivity index (χ3n) is 3.68. The monoisotopic (exact) mass is 341 g/mol. The van der Waals surface area contributed by atoms with Crippen molar-refractivity contribution in [3.8, 4) is 5.69 Å². The number of amides is 1. The number of tetrazole rings is 1. The number of nitrogens with zero attached hydrogens (tertiary/aromatic N) is 4. The van der Waals surface area contributed by atoms with Crippen molar-refractivity contribution in [1.29, 1.82) is 0 Å². The Kier molecular flexibility index (Phi) is 5.10. The zero-order chi connectivity index (χ0) is 17.6. The summed E-state index contributed by atoms with van der Waals surface area (Å²) in [7, 11) is 0. The second kappa shape index (κ2) is 7.63. The Morgan fingerprint density at radius 3 is 2.72 bits per heavy atom. The molecule has 7 nitrogen and oxygen atoms in total. The number of carbonyl (C=O) groups is 1. The van der Waals surface area contributed by atoms with E-state index in [4.69, 9.17) is 0 Å². The Morgan fingerprint density at radius 1 is 1.24 bits per heavy atom. The van der Waals surface area contributed by atoms with Crippen LogP contribution in [0.5, 0.6) is 0 Å². The Bertz CT molecular complexity index is 840. The molecule has 0 aliphatic carbocycles. The number of hydrogen-bond acceptors (Lipinski definition) is 5. The Balaban J connectivity index is 1.81. The van der Waals surface area contributed by atoms with Crippen molar-refractivity contribution in [3.63, 3.8) is 0 Å². The van der Waals surface area contributed by atoms with E-state index in [9.17, 15) is 14.3 Å². The van der Waals surface area contributed by atoms with Crippen LogP contribution in [-0.4, -0.2) is 43.9 Å². The lowest BCUT2D eigenvalue weighted by Gasteiger charge is -2.17. The number of rotatable bonds is 6. The van der Waals surface area contributed by atoms with Gasteiger partial charge in [0, 0.05) is 0 Å². The molecule has 0 radical (unpaired) electrons. The van der Waals surface area contributed by atoms with Crippen LogP contribution in [0.2, 0.25) is 0 Å². The zero-order valence-corrected chi connectivity index (χ0v) is 13.2. The van der Waals surface area contributed by atoms with E-state index in [-0.39, 0.29) is 12.2 Å². The first-order valence-electron chi connectivity index (χ1n) is 7.66. The third-order valence-corrected chi connectivity index (χ3v) is 3.68. The molecule has 0 aliphatic rings. The summed E-state index contributed by atoms with van der Waals surface area (Å²) in [4.78, 5) is 12.6. The summed E-state index contributed by atoms with van der Waals surface area (Å²) >= 11 is 0. The molecule has 1 unspecified atom stereocenters. The van der Waals surface area contributed by atoms with Crippen LogP contribution in [0.25, 0.3) is 5.69 Å². The summed E-state index contributed by atoms with van der Waals surface area (Å²) < 4.78 is 14.9. The fourth-order valence-electron chi connectivity index (χ4n) is 2.48. The number of halogens is 1. The van der Waals surface area contributed by atoms with Gasteiger partial charge in [-0.25, -0.2) is 4.39 Å². The van der Waals surface area contributed by atoms with Crippen LogP contribution in [0.1, 0.15) is 15.9 Å². The fourth-order valence-corrected chi connectivity index (χ4v) is 2.48. The summed E-state index contributed by atoms with van der Waals surface area (Å²) in [6.45, 7) is -0.240. The minimum Gasteiger partial charge on any atom is -0.394 e. The highest BCUT2D eigenvalue weighted by Gasteiger charge is 2.18. The van der Waals surface area contributed by atoms with Crippen LogP contribution in [0.3, 0.4) is 0 Å². The summed E-state index contributed by atoms with van der Waals surface area (Å²) in [5.74, 6) is -1.06. The summed E-state index contributed by atoms with van der Waals surface area (Å²) in [5.41, 5.74) is 1.40. The van der Waals surface area contributed by atoms with Gasteiger partial charge in [0.05, 0.1) is 23.9 Å². The molecule has 0 fully saturated rings. The van der Waals surface area contributed by atoms with Crippen LogP contribution in [0, 0.1) is 5.82 Å². The minimum absolute atomic E-state index is 0.0822. The van der Waals surface area contributed by atoms with Crippen molar-refractivity contribution < 1.29 is 14.3 Å². The molecule has 128 valence electrons. The molecule has 3 rings (SSSR count). The summed E-state index contributed by atoms with van der Waals surface area (Å²) in [6, 6.07) is 12.7. The van der Waals surface area contributed by atoms with Gasteiger partial charge in [-0.15, -0.1) is 5.10 Å². The number of hydrogen-bond donors (Lipinski definition) is 2. The van der Waals surface area contributed by atoms with Gasteiger partial charge < -0.3 is 10.4 Å². The molecule has 2 N–H and O–H groups in total. The van der Waals surface area contributed by atoms with Gasteiger partial charge in [-0.2, -0.15) is 4.68 Å². The second-order valence-electron chi connectivity index (χ2n) is 5.46. The van der Waals surface area contributed by atoms with Gasteiger partial charge in [0.15, 0.2) is 0 Å². The van der Waals surface area contributed by atoms with Crippen molar-refractivity contribution >= 4 is 5.91 Å². The molecular formula is C17H16FN5O2. The summed E-state index contributed by atoms with van der Waals surface area (Å²) in [6.07, 6.45) is 1.77. The van der Waals surface area contributed by atoms with E-state index in [2.05, 4.69) is 20.8 Å². The Hall–Kier alpha value is -3.13. The van der Waals surface area contributed by atoms with Crippen molar-refractivity contribution in [2.75, 3.05) is 6.61 Å². The highest BCUT2D eigenvalue weighted by atomic mass is 19.1. The second-order valence-corrected chi connectivity index (χ2v) is 5.46. The number of aliphatic hydroxyl groups excluding tert-OH is 1. The van der Waals surface area contributed by atoms with Crippen molar-refractivity contribution in [2.45, 2.75) is 12.5 Å². The highest BCUT2D eigenvalue weighted by molar-refractivity contribution is 5.98. The molecule has 1 aromatic heterocycles. The number of aliphatic hydroxyl groups is 1. The van der Waals surface area contributed by atoms with Crippen molar-refractivity contribution in [3.05, 3.63) is 71.8 Å². The SMILES string of the molecule is O=C(NC(CO)Cc1ccccc1)c1cc(F)ccc1-n1cnnn1. The average Bonchev–Trinajstić information content (AvgIpc) is 3.16. The van der Waals surface area contributed by atoms with Crippen LogP contribution in [-0.2, 0) is 6.42 Å². The largest absolute Gasteiger partial charge is 0.394 e. The molecule has 25 heavy (non-hydrogen) atoms. The molecule has 0 aliphatic heterocycles. The number of aromatic nitrogens is 4. The van der Waals surface area contributed by atoms with Crippen LogP contribution < -0.4 is 5.32 Å². The van der Waals surface area contributed by atoms with E-state index in [1.54, 1.807) is 0 Å². The first-order valence-corrected chi connectivity index (χ1v) is 7.66. The predicted molar refractivity (Wildman–Crippen MR) is 87.6 cm³/mol. The first kappa shape index (κ1) is 16.7. The van der Waals surface area contributed by atoms with Gasteiger partial charge in [-0.05, 0) is 40.6 Å². The molecule has 0 bridgehead atoms. The molecule has 1 heterocycles. The van der Waals surface area contributed by atoms with E-state index < -0.39 is 17.8 Å². The standard InChI is InChI=1S/C17H16FN5O2/c18-13-6-7-16(23-11-19-21-22-23)15(9-13)17(25)20-14(10-24)8-12-4-2-1-3-5-12/h1-7,9,11,14,24H,8,10H2,(H,20,25). The maximum absolute atomic E-state index is 13.6. The molecule has 2 aromatic carbocycles. The molecule has 0 saturated heterocycles. The lowest BCUT2D eigenvalue weighted by molar-refractivity contribution is 0.0916. The maximum atomic E-state index is 13.6. The van der Waals surface area contributed by atoms with Gasteiger partial charge >= 0.3 is 0 Å². The summed E-state index contributed by atoms with van der Waals surface area (Å²) in [5, 5.41) is 23.1. The molecular weight excluding hydrogens is 325 g/mol. The molecule has 0 saturated carbocycles. The smallest absolute Gasteiger partial charge is 0.253 e. The van der Waals surface area contributed by atoms with E-state index in [1.807, 2.05) is 30.3 Å². The Labute approximate surface area is 143 Å². The molecule has 0 spiro atoms. The average molecular weight is 341 g/mol. The van der Waals surface area contributed by atoms with E-state index in [1.165, 1.54) is 23.1 Å². The van der Waals surface area contributed by atoms with Gasteiger partial charge in [0.2, 0.25) is 0 Å². The predicted octanol–water partition coefficient (Wildman–Crippen LogP) is 1.13. The quantitative estimate of drug-likeness (QED) is 0.701. The van der Waals surface area contributed by atoms with Crippen LogP contribution >= 0.6 is 0 Å². The van der Waals surface area contributed by atoms with Gasteiger partial charge in [0.25, 0.3) is 5.91 Å². The van der Waals surface area contributed by atoms with Crippen LogP contribution in [0.15, 0.2) is 54.9 Å². The van der Waals surface area contributed by atoms with E-state index in [0.717, 1.165) is 11.6 Å². The molecule has 1 amide bonds. The number of carbonyl (C=O) groups excluding carboxylic acids is 1. The molecule has 1 atom stereocenters. The number of nitrogens with one attached hydrogen (secondary N) is 1. The molecule has 8 heteroatoms. The highest BCUT2D eigenvalue weighted by Crippen LogP contribution is 2.15. The van der Waals surface area contributed by atoms with Gasteiger partial charge in [0.1, 0.15) is 12.1 Å². The lowest BCUT2D eigenvalue weighted by Crippen LogP contribution is -2.39. The maximum Gasteiger partial charge on any atom is 0.253 e. The van der Waals surface area contributed by atoms with Crippen molar-refractivity contribution in [2.24, 2.45) is 0 Å². The third kappa shape index (κ3) is 4.04.